The molecule has 0 spiro atoms. The smallest absolute Gasteiger partial charge is 0.289 e. The summed E-state index contributed by atoms with van der Waals surface area (Å²) in [6, 6.07) is 17.8. The highest BCUT2D eigenvalue weighted by molar-refractivity contribution is 5.91. The molecule has 0 aliphatic heterocycles. The number of methoxy groups -OCH3 is 2. The van der Waals surface area contributed by atoms with Gasteiger partial charge in [-0.15, -0.1) is 0 Å². The van der Waals surface area contributed by atoms with Crippen LogP contribution in [0.3, 0.4) is 0 Å². The normalized spacial score (nSPS) is 10.2. The fourth-order valence-corrected chi connectivity index (χ4v) is 2.90. The number of carbonyl (C=O) groups excluding carboxylic acids is 1. The van der Waals surface area contributed by atoms with Gasteiger partial charge in [0.1, 0.15) is 35.7 Å². The van der Waals surface area contributed by atoms with Crippen molar-refractivity contribution in [1.29, 1.82) is 5.26 Å². The summed E-state index contributed by atoms with van der Waals surface area (Å²) in [6.07, 6.45) is 0. The van der Waals surface area contributed by atoms with Crippen LogP contribution >= 0.6 is 0 Å². The molecule has 2 aromatic carbocycles. The predicted molar refractivity (Wildman–Crippen MR) is 110 cm³/mol. The van der Waals surface area contributed by atoms with Gasteiger partial charge in [-0.3, -0.25) is 4.79 Å². The molecule has 0 radical (unpaired) electrons. The predicted octanol–water partition coefficient (Wildman–Crippen LogP) is 4.02. The van der Waals surface area contributed by atoms with Crippen molar-refractivity contribution in [2.75, 3.05) is 21.3 Å². The maximum absolute atomic E-state index is 12.7. The molecular formula is C23H22N2O5. The second-order valence-electron chi connectivity index (χ2n) is 6.50. The molecule has 0 aliphatic rings. The number of ether oxygens (including phenoxy) is 3. The number of furan rings is 1. The third-order valence-corrected chi connectivity index (χ3v) is 4.50. The molecular weight excluding hydrogens is 384 g/mol. The summed E-state index contributed by atoms with van der Waals surface area (Å²) in [5.41, 5.74) is 1.28. The largest absolute Gasteiger partial charge is 0.497 e. The molecule has 0 saturated heterocycles. The van der Waals surface area contributed by atoms with Crippen molar-refractivity contribution < 1.29 is 23.4 Å². The van der Waals surface area contributed by atoms with Gasteiger partial charge < -0.3 is 23.5 Å². The molecule has 7 nitrogen and oxygen atoms in total. The number of nitriles is 1. The van der Waals surface area contributed by atoms with Crippen molar-refractivity contribution in [1.82, 2.24) is 4.90 Å². The van der Waals surface area contributed by atoms with Crippen LogP contribution in [0.15, 0.2) is 59.0 Å². The third-order valence-electron chi connectivity index (χ3n) is 4.50. The Bertz CT molecular complexity index is 1070. The van der Waals surface area contributed by atoms with Crippen molar-refractivity contribution in [2.24, 2.45) is 0 Å². The second kappa shape index (κ2) is 9.52. The minimum absolute atomic E-state index is 0.113. The Hall–Kier alpha value is -3.92. The maximum atomic E-state index is 12.7. The minimum Gasteiger partial charge on any atom is -0.497 e. The van der Waals surface area contributed by atoms with Gasteiger partial charge in [0.2, 0.25) is 0 Å². The number of nitrogens with zero attached hydrogens (tertiary/aromatic N) is 2. The number of hydrogen-bond donors (Lipinski definition) is 0. The summed E-state index contributed by atoms with van der Waals surface area (Å²) in [5, 5.41) is 9.12. The van der Waals surface area contributed by atoms with Gasteiger partial charge in [0.05, 0.1) is 19.8 Å². The summed E-state index contributed by atoms with van der Waals surface area (Å²) in [7, 11) is 4.85. The quantitative estimate of drug-likeness (QED) is 0.562. The van der Waals surface area contributed by atoms with Crippen LogP contribution in [-0.4, -0.2) is 32.1 Å². The number of rotatable bonds is 8. The average Bonchev–Trinajstić information content (AvgIpc) is 3.26. The van der Waals surface area contributed by atoms with E-state index in [1.165, 1.54) is 0 Å². The lowest BCUT2D eigenvalue weighted by Crippen LogP contribution is -2.26. The Labute approximate surface area is 175 Å². The van der Waals surface area contributed by atoms with Crippen LogP contribution in [0.1, 0.15) is 27.4 Å². The molecule has 0 unspecified atom stereocenters. The lowest BCUT2D eigenvalue weighted by molar-refractivity contribution is 0.0748. The van der Waals surface area contributed by atoms with Crippen molar-refractivity contribution in [3.63, 3.8) is 0 Å². The number of hydrogen-bond acceptors (Lipinski definition) is 6. The monoisotopic (exact) mass is 406 g/mol. The lowest BCUT2D eigenvalue weighted by atomic mass is 10.1. The number of amides is 1. The molecule has 0 fully saturated rings. The summed E-state index contributed by atoms with van der Waals surface area (Å²) in [6.45, 7) is 0.454. The molecule has 0 aliphatic carbocycles. The van der Waals surface area contributed by atoms with Gasteiger partial charge in [-0.25, -0.2) is 0 Å². The van der Waals surface area contributed by atoms with Crippen LogP contribution in [0.2, 0.25) is 0 Å². The molecule has 0 N–H and O–H groups in total. The molecule has 154 valence electrons. The fraction of sp³-hybridized carbons (Fsp3) is 0.217. The first-order chi connectivity index (χ1) is 14.5. The molecule has 7 heteroatoms. The highest BCUT2D eigenvalue weighted by Crippen LogP contribution is 2.26. The summed E-state index contributed by atoms with van der Waals surface area (Å²) in [5.74, 6) is 2.21. The Morgan fingerprint density at radius 2 is 1.87 bits per heavy atom. The molecule has 3 aromatic rings. The third kappa shape index (κ3) is 4.73. The van der Waals surface area contributed by atoms with Gasteiger partial charge in [-0.1, -0.05) is 12.1 Å². The van der Waals surface area contributed by atoms with Gasteiger partial charge in [0.15, 0.2) is 5.76 Å². The molecule has 1 amide bonds. The molecule has 0 bridgehead atoms. The van der Waals surface area contributed by atoms with Crippen molar-refractivity contribution >= 4 is 5.91 Å². The molecule has 0 saturated carbocycles. The number of para-hydroxylation sites is 1. The van der Waals surface area contributed by atoms with Gasteiger partial charge in [0.25, 0.3) is 5.91 Å². The summed E-state index contributed by atoms with van der Waals surface area (Å²) < 4.78 is 21.9. The minimum atomic E-state index is -0.267. The molecule has 0 atom stereocenters. The van der Waals surface area contributed by atoms with Crippen LogP contribution < -0.4 is 14.2 Å². The zero-order valence-electron chi connectivity index (χ0n) is 17.0. The maximum Gasteiger partial charge on any atom is 0.289 e. The highest BCUT2D eigenvalue weighted by Gasteiger charge is 2.18. The molecule has 30 heavy (non-hydrogen) atoms. The molecule has 1 heterocycles. The first-order valence-corrected chi connectivity index (χ1v) is 9.22. The van der Waals surface area contributed by atoms with Gasteiger partial charge >= 0.3 is 0 Å². The van der Waals surface area contributed by atoms with Gasteiger partial charge in [-0.05, 0) is 36.4 Å². The van der Waals surface area contributed by atoms with Crippen LogP contribution in [0.25, 0.3) is 0 Å². The highest BCUT2D eigenvalue weighted by atomic mass is 16.5. The summed E-state index contributed by atoms with van der Waals surface area (Å²) in [4.78, 5) is 14.3. The number of carbonyl (C=O) groups is 1. The van der Waals surface area contributed by atoms with Crippen molar-refractivity contribution in [2.45, 2.75) is 13.2 Å². The topological polar surface area (TPSA) is 84.9 Å². The van der Waals surface area contributed by atoms with E-state index in [0.717, 1.165) is 5.56 Å². The molecule has 1 aromatic heterocycles. The SMILES string of the molecule is COc1ccc(CN(C)C(=O)c2ccc(COc3ccccc3C#N)o2)c(OC)c1. The van der Waals surface area contributed by atoms with Crippen LogP contribution in [0.4, 0.5) is 0 Å². The summed E-state index contributed by atoms with van der Waals surface area (Å²) >= 11 is 0. The van der Waals surface area contributed by atoms with E-state index in [1.54, 1.807) is 68.6 Å². The van der Waals surface area contributed by atoms with E-state index in [0.29, 0.717) is 35.1 Å². The van der Waals surface area contributed by atoms with Crippen molar-refractivity contribution in [3.8, 4) is 23.3 Å². The Morgan fingerprint density at radius 1 is 1.07 bits per heavy atom. The van der Waals surface area contributed by atoms with E-state index in [4.69, 9.17) is 23.9 Å². The van der Waals surface area contributed by atoms with Crippen LogP contribution in [-0.2, 0) is 13.2 Å². The number of benzene rings is 2. The van der Waals surface area contributed by atoms with Crippen molar-refractivity contribution in [3.05, 3.63) is 77.2 Å². The van der Waals surface area contributed by atoms with Gasteiger partial charge in [0, 0.05) is 25.2 Å². The van der Waals surface area contributed by atoms with E-state index < -0.39 is 0 Å². The molecule has 3 rings (SSSR count). The van der Waals surface area contributed by atoms with E-state index in [9.17, 15) is 4.79 Å². The Morgan fingerprint density at radius 3 is 2.60 bits per heavy atom. The van der Waals surface area contributed by atoms with E-state index in [2.05, 4.69) is 6.07 Å². The first-order valence-electron chi connectivity index (χ1n) is 9.22. The average molecular weight is 406 g/mol. The van der Waals surface area contributed by atoms with E-state index in [-0.39, 0.29) is 18.3 Å². The standard InChI is InChI=1S/C23H22N2O5/c1-25(14-17-8-9-18(27-2)12-22(17)28-3)23(26)21-11-10-19(30-21)15-29-20-7-5-4-6-16(20)13-24/h4-12H,14-15H2,1-3H3. The Kier molecular flexibility index (Phi) is 6.60. The first kappa shape index (κ1) is 20.8. The Balaban J connectivity index is 1.65. The van der Waals surface area contributed by atoms with Gasteiger partial charge in [-0.2, -0.15) is 5.26 Å². The lowest BCUT2D eigenvalue weighted by Gasteiger charge is -2.18. The van der Waals surface area contributed by atoms with Crippen LogP contribution in [0.5, 0.6) is 17.2 Å². The van der Waals surface area contributed by atoms with Crippen LogP contribution in [0, 0.1) is 11.3 Å². The zero-order valence-corrected chi connectivity index (χ0v) is 17.0. The second-order valence-corrected chi connectivity index (χ2v) is 6.50. The zero-order chi connectivity index (χ0) is 21.5. The van der Waals surface area contributed by atoms with E-state index >= 15 is 0 Å². The fourth-order valence-electron chi connectivity index (χ4n) is 2.90. The van der Waals surface area contributed by atoms with E-state index in [1.807, 2.05) is 12.1 Å².